The van der Waals surface area contributed by atoms with Crippen molar-refractivity contribution in [1.82, 2.24) is 4.98 Å². The molecule has 0 radical (unpaired) electrons. The Kier molecular flexibility index (Phi) is 3.77. The molecule has 0 saturated heterocycles. The van der Waals surface area contributed by atoms with Gasteiger partial charge in [-0.3, -0.25) is 4.98 Å². The fourth-order valence-electron chi connectivity index (χ4n) is 1.07. The molecule has 0 saturated carbocycles. The average Bonchev–Trinajstić information content (AvgIpc) is 2.14. The van der Waals surface area contributed by atoms with Crippen LogP contribution in [0.25, 0.3) is 5.57 Å². The molecule has 1 aromatic rings. The van der Waals surface area contributed by atoms with Gasteiger partial charge < -0.3 is 0 Å². The number of nitrogens with zero attached hydrogens (tertiary/aromatic N) is 1. The predicted octanol–water partition coefficient (Wildman–Crippen LogP) is 3.28. The Morgan fingerprint density at radius 2 is 2.31 bits per heavy atom. The molecule has 1 aromatic heterocycles. The average molecular weight is 191 g/mol. The molecule has 0 atom stereocenters. The number of hydrogen-bond acceptors (Lipinski definition) is 2. The van der Waals surface area contributed by atoms with Crippen molar-refractivity contribution in [3.63, 3.8) is 0 Å². The zero-order valence-corrected chi connectivity index (χ0v) is 8.77. The van der Waals surface area contributed by atoms with Gasteiger partial charge >= 0.3 is 0 Å². The quantitative estimate of drug-likeness (QED) is 0.680. The molecule has 0 fully saturated rings. The molecule has 68 valence electrons. The molecule has 0 aliphatic carbocycles. The summed E-state index contributed by atoms with van der Waals surface area (Å²) in [6.45, 7) is 5.81. The number of aryl methyl sites for hydroxylation is 1. The second-order valence-corrected chi connectivity index (χ2v) is 3.47. The van der Waals surface area contributed by atoms with E-state index in [1.54, 1.807) is 11.8 Å². The summed E-state index contributed by atoms with van der Waals surface area (Å²) in [5, 5.41) is 2.07. The zero-order valence-electron chi connectivity index (χ0n) is 7.95. The van der Waals surface area contributed by atoms with Crippen molar-refractivity contribution in [3.05, 3.63) is 47.6 Å². The molecule has 1 nitrogen and oxygen atoms in total. The van der Waals surface area contributed by atoms with E-state index in [1.165, 1.54) is 5.56 Å². The fourth-order valence-corrected chi connectivity index (χ4v) is 1.56. The van der Waals surface area contributed by atoms with Crippen LogP contribution in [0.5, 0.6) is 0 Å². The molecule has 0 N–H and O–H groups in total. The first-order valence-electron chi connectivity index (χ1n) is 4.05. The van der Waals surface area contributed by atoms with Crippen LogP contribution in [0.4, 0.5) is 0 Å². The van der Waals surface area contributed by atoms with Crippen molar-refractivity contribution in [2.45, 2.75) is 6.92 Å². The number of thioether (sulfide) groups is 1. The Labute approximate surface area is 83.6 Å². The molecular formula is C11H13NS. The molecule has 1 heterocycles. The summed E-state index contributed by atoms with van der Waals surface area (Å²) in [4.78, 5) is 4.14. The maximum absolute atomic E-state index is 4.14. The van der Waals surface area contributed by atoms with Gasteiger partial charge in [0.2, 0.25) is 0 Å². The lowest BCUT2D eigenvalue weighted by molar-refractivity contribution is 1.25. The van der Waals surface area contributed by atoms with Gasteiger partial charge in [0, 0.05) is 18.0 Å². The van der Waals surface area contributed by atoms with Crippen LogP contribution >= 0.6 is 11.8 Å². The molecule has 0 aromatic carbocycles. The Hall–Kier alpha value is -1.02. The molecule has 0 spiro atoms. The van der Waals surface area contributed by atoms with Gasteiger partial charge in [0.25, 0.3) is 0 Å². The normalized spacial score (nSPS) is 11.4. The number of aromatic nitrogens is 1. The number of pyridine rings is 1. The highest BCUT2D eigenvalue weighted by molar-refractivity contribution is 8.01. The summed E-state index contributed by atoms with van der Waals surface area (Å²) in [6.07, 6.45) is 7.60. The van der Waals surface area contributed by atoms with E-state index in [0.717, 1.165) is 11.1 Å². The third-order valence-electron chi connectivity index (χ3n) is 1.67. The summed E-state index contributed by atoms with van der Waals surface area (Å²) in [5.74, 6) is 0. The first-order valence-corrected chi connectivity index (χ1v) is 5.34. The van der Waals surface area contributed by atoms with E-state index >= 15 is 0 Å². The van der Waals surface area contributed by atoms with E-state index in [-0.39, 0.29) is 0 Å². The summed E-state index contributed by atoms with van der Waals surface area (Å²) in [7, 11) is 0. The van der Waals surface area contributed by atoms with Gasteiger partial charge in [-0.15, -0.1) is 11.8 Å². The van der Waals surface area contributed by atoms with E-state index < -0.39 is 0 Å². The second kappa shape index (κ2) is 4.87. The summed E-state index contributed by atoms with van der Waals surface area (Å²) in [5.41, 5.74) is 3.43. The number of allylic oxidation sites excluding steroid dienone is 2. The topological polar surface area (TPSA) is 12.9 Å². The van der Waals surface area contributed by atoms with Gasteiger partial charge in [-0.2, -0.15) is 0 Å². The molecular weight excluding hydrogens is 178 g/mol. The molecule has 0 unspecified atom stereocenters. The Morgan fingerprint density at radius 3 is 2.85 bits per heavy atom. The van der Waals surface area contributed by atoms with Crippen molar-refractivity contribution in [2.75, 3.05) is 6.26 Å². The lowest BCUT2D eigenvalue weighted by Crippen LogP contribution is -1.84. The third kappa shape index (κ3) is 2.74. The van der Waals surface area contributed by atoms with Crippen LogP contribution in [-0.2, 0) is 0 Å². The van der Waals surface area contributed by atoms with E-state index in [0.29, 0.717) is 0 Å². The number of rotatable bonds is 3. The van der Waals surface area contributed by atoms with Crippen LogP contribution in [0.1, 0.15) is 11.1 Å². The van der Waals surface area contributed by atoms with Gasteiger partial charge in [0.15, 0.2) is 0 Å². The maximum Gasteiger partial charge on any atom is 0.0346 e. The van der Waals surface area contributed by atoms with Crippen molar-refractivity contribution in [3.8, 4) is 0 Å². The molecule has 0 bridgehead atoms. The smallest absolute Gasteiger partial charge is 0.0346 e. The molecule has 13 heavy (non-hydrogen) atoms. The van der Waals surface area contributed by atoms with Crippen LogP contribution < -0.4 is 0 Å². The van der Waals surface area contributed by atoms with Gasteiger partial charge in [-0.1, -0.05) is 12.7 Å². The minimum Gasteiger partial charge on any atom is -0.264 e. The van der Waals surface area contributed by atoms with Gasteiger partial charge in [0.05, 0.1) is 0 Å². The van der Waals surface area contributed by atoms with Crippen LogP contribution in [0.3, 0.4) is 0 Å². The van der Waals surface area contributed by atoms with Crippen molar-refractivity contribution < 1.29 is 0 Å². The fraction of sp³-hybridized carbons (Fsp3) is 0.182. The van der Waals surface area contributed by atoms with Crippen molar-refractivity contribution in [1.29, 1.82) is 0 Å². The SMILES string of the molecule is C=C/C(=C\SC)c1cncc(C)c1. The number of hydrogen-bond donors (Lipinski definition) is 0. The van der Waals surface area contributed by atoms with Crippen molar-refractivity contribution >= 4 is 17.3 Å². The third-order valence-corrected chi connectivity index (χ3v) is 2.16. The highest BCUT2D eigenvalue weighted by atomic mass is 32.2. The first kappa shape index (κ1) is 10.1. The summed E-state index contributed by atoms with van der Waals surface area (Å²) >= 11 is 1.67. The highest BCUT2D eigenvalue weighted by Crippen LogP contribution is 2.18. The molecule has 2 heteroatoms. The predicted molar refractivity (Wildman–Crippen MR) is 60.7 cm³/mol. The van der Waals surface area contributed by atoms with Crippen molar-refractivity contribution in [2.24, 2.45) is 0 Å². The van der Waals surface area contributed by atoms with E-state index in [1.807, 2.05) is 31.6 Å². The first-order chi connectivity index (χ1) is 6.27. The largest absolute Gasteiger partial charge is 0.264 e. The molecule has 0 aliphatic rings. The van der Waals surface area contributed by atoms with Gasteiger partial charge in [-0.25, -0.2) is 0 Å². The zero-order chi connectivity index (χ0) is 9.68. The van der Waals surface area contributed by atoms with Gasteiger partial charge in [-0.05, 0) is 35.8 Å². The Morgan fingerprint density at radius 1 is 1.54 bits per heavy atom. The maximum atomic E-state index is 4.14. The van der Waals surface area contributed by atoms with Crippen LogP contribution in [0.2, 0.25) is 0 Å². The minimum atomic E-state index is 1.13. The van der Waals surface area contributed by atoms with E-state index in [2.05, 4.69) is 23.0 Å². The van der Waals surface area contributed by atoms with E-state index in [4.69, 9.17) is 0 Å². The van der Waals surface area contributed by atoms with Crippen LogP contribution in [0, 0.1) is 6.92 Å². The molecule has 1 rings (SSSR count). The van der Waals surface area contributed by atoms with Gasteiger partial charge in [0.1, 0.15) is 0 Å². The standard InChI is InChI=1S/C11H13NS/c1-4-10(8-13-3)11-5-9(2)6-12-7-11/h4-8H,1H2,2-3H3/b10-8+. The van der Waals surface area contributed by atoms with Crippen LogP contribution in [0.15, 0.2) is 36.5 Å². The monoisotopic (exact) mass is 191 g/mol. The second-order valence-electron chi connectivity index (χ2n) is 2.76. The Bertz CT molecular complexity index is 329. The van der Waals surface area contributed by atoms with E-state index in [9.17, 15) is 0 Å². The minimum absolute atomic E-state index is 1.13. The summed E-state index contributed by atoms with van der Waals surface area (Å²) in [6, 6.07) is 2.11. The Balaban J connectivity index is 3.05. The highest BCUT2D eigenvalue weighted by Gasteiger charge is 1.96. The lowest BCUT2D eigenvalue weighted by atomic mass is 10.1. The molecule has 0 amide bonds. The van der Waals surface area contributed by atoms with Crippen LogP contribution in [-0.4, -0.2) is 11.2 Å². The lowest BCUT2D eigenvalue weighted by Gasteiger charge is -2.01. The molecule has 0 aliphatic heterocycles. The summed E-state index contributed by atoms with van der Waals surface area (Å²) < 4.78 is 0.